The van der Waals surface area contributed by atoms with Crippen molar-refractivity contribution in [1.82, 2.24) is 4.90 Å². The topological polar surface area (TPSA) is 57.6 Å². The van der Waals surface area contributed by atoms with Crippen molar-refractivity contribution in [3.05, 3.63) is 0 Å². The molecule has 0 aromatic rings. The highest BCUT2D eigenvalue weighted by Crippen LogP contribution is 2.40. The van der Waals surface area contributed by atoms with Crippen molar-refractivity contribution in [2.45, 2.75) is 51.2 Å². The molecule has 90 valence electrons. The van der Waals surface area contributed by atoms with E-state index in [-0.39, 0.29) is 17.6 Å². The van der Waals surface area contributed by atoms with Gasteiger partial charge in [-0.05, 0) is 32.6 Å². The smallest absolute Gasteiger partial charge is 0.224 e. The zero-order chi connectivity index (χ0) is 11.8. The van der Waals surface area contributed by atoms with Crippen molar-refractivity contribution < 1.29 is 14.7 Å². The molecule has 2 aliphatic rings. The number of hydrogen-bond acceptors (Lipinski definition) is 3. The molecule has 4 nitrogen and oxygen atoms in total. The normalized spacial score (nSPS) is 34.8. The van der Waals surface area contributed by atoms with Crippen molar-refractivity contribution in [2.24, 2.45) is 5.92 Å². The Kier molecular flexibility index (Phi) is 3.02. The minimum atomic E-state index is -1.04. The number of piperidine rings is 2. The summed E-state index contributed by atoms with van der Waals surface area (Å²) < 4.78 is 0. The maximum absolute atomic E-state index is 11.7. The monoisotopic (exact) mass is 225 g/mol. The first-order chi connectivity index (χ1) is 7.54. The van der Waals surface area contributed by atoms with Gasteiger partial charge in [-0.25, -0.2) is 0 Å². The molecule has 4 heteroatoms. The first-order valence-electron chi connectivity index (χ1n) is 6.06. The van der Waals surface area contributed by atoms with E-state index in [0.29, 0.717) is 25.8 Å². The van der Waals surface area contributed by atoms with Crippen molar-refractivity contribution in [1.29, 1.82) is 0 Å². The molecule has 0 aliphatic carbocycles. The Morgan fingerprint density at radius 1 is 1.56 bits per heavy atom. The summed E-state index contributed by atoms with van der Waals surface area (Å²) in [6.45, 7) is 2.19. The van der Waals surface area contributed by atoms with Gasteiger partial charge in [0, 0.05) is 25.3 Å². The molecule has 2 saturated heterocycles. The lowest BCUT2D eigenvalue weighted by atomic mass is 9.77. The molecular formula is C12H19NO3. The number of Topliss-reactive ketones (excluding diaryl/α,β-unsaturated/α-hetero) is 1. The Hall–Kier alpha value is -0.900. The van der Waals surface area contributed by atoms with Crippen LogP contribution in [0.5, 0.6) is 0 Å². The van der Waals surface area contributed by atoms with E-state index in [2.05, 4.69) is 0 Å². The summed E-state index contributed by atoms with van der Waals surface area (Å²) in [7, 11) is 0. The predicted molar refractivity (Wildman–Crippen MR) is 58.5 cm³/mol. The van der Waals surface area contributed by atoms with Gasteiger partial charge in [0.05, 0.1) is 0 Å². The van der Waals surface area contributed by atoms with E-state index < -0.39 is 5.72 Å². The van der Waals surface area contributed by atoms with Crippen LogP contribution in [0.4, 0.5) is 0 Å². The molecule has 0 saturated carbocycles. The number of nitrogens with zero attached hydrogens (tertiary/aromatic N) is 1. The van der Waals surface area contributed by atoms with Crippen molar-refractivity contribution in [3.8, 4) is 0 Å². The molecule has 2 rings (SSSR count). The first kappa shape index (κ1) is 11.6. The molecule has 1 N–H and O–H groups in total. The lowest BCUT2D eigenvalue weighted by molar-refractivity contribution is -0.200. The van der Waals surface area contributed by atoms with Crippen LogP contribution < -0.4 is 0 Å². The second-order valence-corrected chi connectivity index (χ2v) is 5.02. The Morgan fingerprint density at radius 3 is 3.00 bits per heavy atom. The van der Waals surface area contributed by atoms with E-state index in [1.807, 2.05) is 0 Å². The molecule has 16 heavy (non-hydrogen) atoms. The SMILES string of the molecule is CC(=O)CC1CCCN2C(=O)CCCC12O. The molecular weight excluding hydrogens is 206 g/mol. The molecule has 0 aromatic heterocycles. The fourth-order valence-corrected chi connectivity index (χ4v) is 3.07. The number of rotatable bonds is 2. The molecule has 0 aromatic carbocycles. The molecule has 2 fully saturated rings. The van der Waals surface area contributed by atoms with Crippen LogP contribution in [0, 0.1) is 5.92 Å². The van der Waals surface area contributed by atoms with Crippen molar-refractivity contribution in [2.75, 3.05) is 6.54 Å². The van der Waals surface area contributed by atoms with Gasteiger partial charge < -0.3 is 14.8 Å². The standard InChI is InChI=1S/C12H19NO3/c1-9(14)8-10-4-3-7-13-11(15)5-2-6-12(10,13)16/h10,16H,2-8H2,1H3. The van der Waals surface area contributed by atoms with Gasteiger partial charge in [0.1, 0.15) is 11.5 Å². The van der Waals surface area contributed by atoms with Gasteiger partial charge in [0.2, 0.25) is 5.91 Å². The maximum Gasteiger partial charge on any atom is 0.224 e. The molecule has 2 atom stereocenters. The van der Waals surface area contributed by atoms with Gasteiger partial charge in [0.15, 0.2) is 0 Å². The zero-order valence-electron chi connectivity index (χ0n) is 9.74. The van der Waals surface area contributed by atoms with Crippen LogP contribution in [-0.2, 0) is 9.59 Å². The number of carbonyl (C=O) groups excluding carboxylic acids is 2. The molecule has 1 amide bonds. The number of amides is 1. The van der Waals surface area contributed by atoms with Gasteiger partial charge in [-0.15, -0.1) is 0 Å². The Bertz CT molecular complexity index is 315. The highest BCUT2D eigenvalue weighted by Gasteiger charge is 2.48. The zero-order valence-corrected chi connectivity index (χ0v) is 9.74. The molecule has 2 aliphatic heterocycles. The summed E-state index contributed by atoms with van der Waals surface area (Å²) in [5.41, 5.74) is -1.04. The molecule has 0 spiro atoms. The van der Waals surface area contributed by atoms with Crippen molar-refractivity contribution in [3.63, 3.8) is 0 Å². The van der Waals surface area contributed by atoms with Crippen LogP contribution in [-0.4, -0.2) is 34.0 Å². The fourth-order valence-electron chi connectivity index (χ4n) is 3.07. The largest absolute Gasteiger partial charge is 0.370 e. The van der Waals surface area contributed by atoms with Gasteiger partial charge >= 0.3 is 0 Å². The molecule has 0 radical (unpaired) electrons. The summed E-state index contributed by atoms with van der Waals surface area (Å²) in [5, 5.41) is 10.6. The summed E-state index contributed by atoms with van der Waals surface area (Å²) in [6, 6.07) is 0. The number of carbonyl (C=O) groups is 2. The van der Waals surface area contributed by atoms with Crippen LogP contribution in [0.3, 0.4) is 0 Å². The fraction of sp³-hybridized carbons (Fsp3) is 0.833. The third kappa shape index (κ3) is 1.86. The quantitative estimate of drug-likeness (QED) is 0.765. The van der Waals surface area contributed by atoms with E-state index in [0.717, 1.165) is 19.3 Å². The lowest BCUT2D eigenvalue weighted by Gasteiger charge is -2.51. The van der Waals surface area contributed by atoms with Crippen LogP contribution in [0.2, 0.25) is 0 Å². The van der Waals surface area contributed by atoms with E-state index >= 15 is 0 Å². The van der Waals surface area contributed by atoms with E-state index in [1.54, 1.807) is 11.8 Å². The molecule has 0 bridgehead atoms. The predicted octanol–water partition coefficient (Wildman–Crippen LogP) is 1.08. The average molecular weight is 225 g/mol. The summed E-state index contributed by atoms with van der Waals surface area (Å²) in [6.07, 6.45) is 4.03. The van der Waals surface area contributed by atoms with Gasteiger partial charge in [-0.2, -0.15) is 0 Å². The summed E-state index contributed by atoms with van der Waals surface area (Å²) in [5.74, 6) is 0.0725. The minimum absolute atomic E-state index is 0.0435. The first-order valence-corrected chi connectivity index (χ1v) is 6.06. The molecule has 2 unspecified atom stereocenters. The average Bonchev–Trinajstić information content (AvgIpc) is 2.19. The van der Waals surface area contributed by atoms with Crippen LogP contribution >= 0.6 is 0 Å². The maximum atomic E-state index is 11.7. The Labute approximate surface area is 95.6 Å². The summed E-state index contributed by atoms with van der Waals surface area (Å²) in [4.78, 5) is 24.5. The Balaban J connectivity index is 2.20. The number of aliphatic hydroxyl groups is 1. The van der Waals surface area contributed by atoms with Gasteiger partial charge in [0.25, 0.3) is 0 Å². The van der Waals surface area contributed by atoms with Crippen LogP contribution in [0.15, 0.2) is 0 Å². The van der Waals surface area contributed by atoms with Crippen LogP contribution in [0.1, 0.15) is 45.4 Å². The minimum Gasteiger partial charge on any atom is -0.370 e. The number of ketones is 1. The van der Waals surface area contributed by atoms with E-state index in [1.165, 1.54) is 0 Å². The second-order valence-electron chi connectivity index (χ2n) is 5.02. The number of fused-ring (bicyclic) bond motifs is 1. The van der Waals surface area contributed by atoms with E-state index in [9.17, 15) is 14.7 Å². The third-order valence-corrected chi connectivity index (χ3v) is 3.83. The summed E-state index contributed by atoms with van der Waals surface area (Å²) >= 11 is 0. The third-order valence-electron chi connectivity index (χ3n) is 3.83. The highest BCUT2D eigenvalue weighted by molar-refractivity contribution is 5.79. The molecule has 2 heterocycles. The van der Waals surface area contributed by atoms with Crippen molar-refractivity contribution >= 4 is 11.7 Å². The lowest BCUT2D eigenvalue weighted by Crippen LogP contribution is -2.61. The van der Waals surface area contributed by atoms with Gasteiger partial charge in [-0.3, -0.25) is 4.79 Å². The van der Waals surface area contributed by atoms with Crippen LogP contribution in [0.25, 0.3) is 0 Å². The van der Waals surface area contributed by atoms with Gasteiger partial charge in [-0.1, -0.05) is 0 Å². The highest BCUT2D eigenvalue weighted by atomic mass is 16.3. The second kappa shape index (κ2) is 4.17. The number of hydrogen-bond donors (Lipinski definition) is 1. The Morgan fingerprint density at radius 2 is 2.31 bits per heavy atom. The van der Waals surface area contributed by atoms with E-state index in [4.69, 9.17) is 0 Å².